The number of hydrogen-bond donors (Lipinski definition) is 1. The topological polar surface area (TPSA) is 102 Å². The summed E-state index contributed by atoms with van der Waals surface area (Å²) in [6.45, 7) is 10.4. The summed E-state index contributed by atoms with van der Waals surface area (Å²) >= 11 is 6.24. The fraction of sp³-hybridized carbons (Fsp3) is 0.357. The summed E-state index contributed by atoms with van der Waals surface area (Å²) in [5, 5.41) is 13.8. The van der Waals surface area contributed by atoms with Gasteiger partial charge in [-0.1, -0.05) is 37.8 Å². The van der Waals surface area contributed by atoms with Crippen LogP contribution in [0.3, 0.4) is 0 Å². The number of ether oxygens (including phenoxy) is 1. The summed E-state index contributed by atoms with van der Waals surface area (Å²) in [6.07, 6.45) is 3.13. The number of carbonyl (C=O) groups excluding carboxylic acids is 2. The Morgan fingerprint density at radius 3 is 2.58 bits per heavy atom. The molecule has 38 heavy (non-hydrogen) atoms. The molecule has 1 aromatic heterocycles. The largest absolute Gasteiger partial charge is 0.478 e. The third kappa shape index (κ3) is 4.96. The second-order valence-electron chi connectivity index (χ2n) is 9.39. The normalized spacial score (nSPS) is 17.8. The fourth-order valence-corrected chi connectivity index (χ4v) is 5.23. The standard InChI is InChI=1S/C28H29ClFN3O5/c1-5-16(6-2)24(15(3)29)27(35)33-23-12-17(26(34)32-13-19(14-32)38-4)7-10-21(23)25(31-33)20-9-8-18(28(36)37)11-22(20)30/h5,8-9,11,17,19H,1,3,6-7,10,12-14H2,2,4H3,(H,36,37)/b24-16-. The van der Waals surface area contributed by atoms with Crippen LogP contribution in [-0.2, 0) is 22.4 Å². The quantitative estimate of drug-likeness (QED) is 0.386. The summed E-state index contributed by atoms with van der Waals surface area (Å²) in [5.74, 6) is -2.99. The Hall–Kier alpha value is -3.56. The minimum Gasteiger partial charge on any atom is -0.478 e. The Labute approximate surface area is 225 Å². The van der Waals surface area contributed by atoms with Gasteiger partial charge in [0.2, 0.25) is 5.91 Å². The molecule has 0 radical (unpaired) electrons. The maximum absolute atomic E-state index is 15.1. The summed E-state index contributed by atoms with van der Waals surface area (Å²) < 4.78 is 21.6. The highest BCUT2D eigenvalue weighted by Crippen LogP contribution is 2.37. The minimum atomic E-state index is -1.26. The molecule has 2 aliphatic rings. The Morgan fingerprint density at radius 2 is 2.03 bits per heavy atom. The van der Waals surface area contributed by atoms with E-state index in [0.717, 1.165) is 6.07 Å². The van der Waals surface area contributed by atoms with Gasteiger partial charge in [0.05, 0.1) is 28.6 Å². The first-order chi connectivity index (χ1) is 18.1. The number of benzene rings is 1. The number of allylic oxidation sites excluding steroid dienone is 4. The van der Waals surface area contributed by atoms with Crippen LogP contribution in [0.5, 0.6) is 0 Å². The first-order valence-corrected chi connectivity index (χ1v) is 12.7. The highest BCUT2D eigenvalue weighted by molar-refractivity contribution is 6.35. The molecule has 1 N–H and O–H groups in total. The van der Waals surface area contributed by atoms with Crippen LogP contribution >= 0.6 is 11.6 Å². The number of methoxy groups -OCH3 is 1. The van der Waals surface area contributed by atoms with Gasteiger partial charge in [0, 0.05) is 48.7 Å². The lowest BCUT2D eigenvalue weighted by molar-refractivity contribution is -0.147. The highest BCUT2D eigenvalue weighted by Gasteiger charge is 2.39. The second kappa shape index (κ2) is 11.0. The van der Waals surface area contributed by atoms with Crippen LogP contribution in [0, 0.1) is 11.7 Å². The summed E-state index contributed by atoms with van der Waals surface area (Å²) in [7, 11) is 1.61. The number of carboxylic acid groups (broad SMARTS) is 1. The lowest BCUT2D eigenvalue weighted by Gasteiger charge is -2.40. The van der Waals surface area contributed by atoms with E-state index in [9.17, 15) is 19.5 Å². The van der Waals surface area contributed by atoms with Crippen LogP contribution in [-0.4, -0.2) is 63.9 Å². The molecule has 200 valence electrons. The molecule has 0 spiro atoms. The molecule has 1 aliphatic carbocycles. The van der Waals surface area contributed by atoms with E-state index in [0.29, 0.717) is 49.2 Å². The molecule has 1 atom stereocenters. The molecule has 1 aromatic carbocycles. The maximum Gasteiger partial charge on any atom is 0.335 e. The first kappa shape index (κ1) is 27.5. The van der Waals surface area contributed by atoms with Gasteiger partial charge in [-0.15, -0.1) is 0 Å². The molecule has 1 unspecified atom stereocenters. The van der Waals surface area contributed by atoms with Crippen molar-refractivity contribution in [1.82, 2.24) is 14.7 Å². The van der Waals surface area contributed by atoms with Gasteiger partial charge in [0.1, 0.15) is 5.82 Å². The summed E-state index contributed by atoms with van der Waals surface area (Å²) in [4.78, 5) is 40.0. The predicted molar refractivity (Wildman–Crippen MR) is 141 cm³/mol. The van der Waals surface area contributed by atoms with Gasteiger partial charge in [0.25, 0.3) is 5.91 Å². The van der Waals surface area contributed by atoms with Gasteiger partial charge < -0.3 is 14.7 Å². The van der Waals surface area contributed by atoms with Crippen LogP contribution in [0.1, 0.15) is 46.2 Å². The molecular weight excluding hydrogens is 513 g/mol. The van der Waals surface area contributed by atoms with Crippen molar-refractivity contribution < 1.29 is 28.6 Å². The molecule has 1 fully saturated rings. The van der Waals surface area contributed by atoms with E-state index >= 15 is 4.39 Å². The number of rotatable bonds is 8. The molecule has 2 heterocycles. The molecule has 1 amide bonds. The van der Waals surface area contributed by atoms with Crippen molar-refractivity contribution in [2.24, 2.45) is 5.92 Å². The van der Waals surface area contributed by atoms with E-state index in [1.165, 1.54) is 22.9 Å². The molecule has 0 bridgehead atoms. The summed E-state index contributed by atoms with van der Waals surface area (Å²) in [6, 6.07) is 3.56. The van der Waals surface area contributed by atoms with Crippen molar-refractivity contribution in [3.05, 3.63) is 76.2 Å². The van der Waals surface area contributed by atoms with Gasteiger partial charge in [-0.05, 0) is 43.0 Å². The Bertz CT molecular complexity index is 1370. The van der Waals surface area contributed by atoms with Crippen LogP contribution in [0.25, 0.3) is 11.3 Å². The Kier molecular flexibility index (Phi) is 7.99. The number of fused-ring (bicyclic) bond motifs is 1. The Morgan fingerprint density at radius 1 is 1.32 bits per heavy atom. The zero-order chi connectivity index (χ0) is 27.7. The van der Waals surface area contributed by atoms with Gasteiger partial charge in [-0.2, -0.15) is 9.78 Å². The van der Waals surface area contributed by atoms with Crippen LogP contribution in [0.15, 0.2) is 53.6 Å². The molecule has 0 saturated carbocycles. The van der Waals surface area contributed by atoms with E-state index < -0.39 is 17.7 Å². The third-order valence-electron chi connectivity index (χ3n) is 7.21. The lowest BCUT2D eigenvalue weighted by Crippen LogP contribution is -2.56. The molecule has 4 rings (SSSR count). The van der Waals surface area contributed by atoms with Gasteiger partial charge >= 0.3 is 5.97 Å². The first-order valence-electron chi connectivity index (χ1n) is 12.3. The predicted octanol–water partition coefficient (Wildman–Crippen LogP) is 4.63. The third-order valence-corrected chi connectivity index (χ3v) is 7.40. The van der Waals surface area contributed by atoms with Crippen molar-refractivity contribution in [3.63, 3.8) is 0 Å². The summed E-state index contributed by atoms with van der Waals surface area (Å²) in [5.41, 5.74) is 1.95. The van der Waals surface area contributed by atoms with Gasteiger partial charge in [-0.25, -0.2) is 9.18 Å². The van der Waals surface area contributed by atoms with Crippen molar-refractivity contribution in [2.45, 2.75) is 38.7 Å². The van der Waals surface area contributed by atoms with E-state index in [4.69, 9.17) is 16.3 Å². The number of carbonyl (C=O) groups is 3. The van der Waals surface area contributed by atoms with Crippen LogP contribution in [0.4, 0.5) is 4.39 Å². The van der Waals surface area contributed by atoms with Gasteiger partial charge in [-0.3, -0.25) is 9.59 Å². The number of halogens is 2. The van der Waals surface area contributed by atoms with Crippen LogP contribution in [0.2, 0.25) is 0 Å². The average Bonchev–Trinajstić information content (AvgIpc) is 3.24. The molecule has 1 aliphatic heterocycles. The highest BCUT2D eigenvalue weighted by atomic mass is 35.5. The molecule has 1 saturated heterocycles. The number of hydrogen-bond acceptors (Lipinski definition) is 5. The van der Waals surface area contributed by atoms with Crippen molar-refractivity contribution >= 4 is 29.4 Å². The number of aromatic carboxylic acids is 1. The Balaban J connectivity index is 1.81. The average molecular weight is 542 g/mol. The smallest absolute Gasteiger partial charge is 0.335 e. The van der Waals surface area contributed by atoms with E-state index in [1.807, 2.05) is 6.92 Å². The van der Waals surface area contributed by atoms with E-state index in [2.05, 4.69) is 18.3 Å². The van der Waals surface area contributed by atoms with Crippen molar-refractivity contribution in [1.29, 1.82) is 0 Å². The van der Waals surface area contributed by atoms with Crippen molar-refractivity contribution in [3.8, 4) is 11.3 Å². The lowest BCUT2D eigenvalue weighted by atomic mass is 9.84. The molecule has 10 heteroatoms. The molecule has 8 nitrogen and oxygen atoms in total. The number of nitrogens with zero attached hydrogens (tertiary/aromatic N) is 3. The number of aromatic nitrogens is 2. The zero-order valence-corrected chi connectivity index (χ0v) is 22.1. The number of amides is 1. The molecular formula is C28H29ClFN3O5. The number of carboxylic acids is 1. The zero-order valence-electron chi connectivity index (χ0n) is 21.3. The minimum absolute atomic E-state index is 0.0161. The molecule has 2 aromatic rings. The van der Waals surface area contributed by atoms with E-state index in [-0.39, 0.29) is 51.8 Å². The SMILES string of the molecule is C=C/C(CC)=C(\C(=C)Cl)C(=O)n1nc(-c2ccc(C(=O)O)cc2F)c2c1CC(C(=O)N1CC(OC)C1)CC2. The number of likely N-dealkylation sites (tertiary alicyclic amines) is 1. The maximum atomic E-state index is 15.1. The van der Waals surface area contributed by atoms with Crippen molar-refractivity contribution in [2.75, 3.05) is 20.2 Å². The fourth-order valence-electron chi connectivity index (χ4n) is 5.03. The van der Waals surface area contributed by atoms with E-state index in [1.54, 1.807) is 12.0 Å². The van der Waals surface area contributed by atoms with Crippen LogP contribution < -0.4 is 0 Å². The van der Waals surface area contributed by atoms with Gasteiger partial charge in [0.15, 0.2) is 0 Å². The second-order valence-corrected chi connectivity index (χ2v) is 9.85. The monoisotopic (exact) mass is 541 g/mol.